The summed E-state index contributed by atoms with van der Waals surface area (Å²) in [7, 11) is -9.00. The molecule has 0 saturated carbocycles. The van der Waals surface area contributed by atoms with Crippen LogP contribution >= 0.6 is 0 Å². The fraction of sp³-hybridized carbons (Fsp3) is 0.778. The van der Waals surface area contributed by atoms with Crippen LogP contribution in [0.5, 0.6) is 0 Å². The number of unbranched alkanes of at least 4 members (excludes halogenated alkanes) is 18. The second-order valence-electron chi connectivity index (χ2n) is 20.2. The molecule has 0 aliphatic rings. The Morgan fingerprint density at radius 2 is 0.594 bits per heavy atom. The van der Waals surface area contributed by atoms with Crippen LogP contribution in [-0.4, -0.2) is 25.9 Å². The van der Waals surface area contributed by atoms with Gasteiger partial charge < -0.3 is 9.11 Å². The molecule has 0 N–H and O–H groups in total. The molecule has 0 radical (unpaired) electrons. The third kappa shape index (κ3) is 22.3. The van der Waals surface area contributed by atoms with Gasteiger partial charge in [-0.3, -0.25) is 0 Å². The molecule has 0 heterocycles. The third-order valence-corrected chi connectivity index (χ3v) is 14.4. The topological polar surface area (TPSA) is 131 Å². The van der Waals surface area contributed by atoms with E-state index in [-0.39, 0.29) is 45.3 Å². The zero-order valence-electron chi connectivity index (χ0n) is 43.3. The zero-order valence-corrected chi connectivity index (χ0v) is 46.5. The molecule has 0 aromatic heterocycles. The van der Waals surface area contributed by atoms with E-state index in [9.17, 15) is 25.9 Å². The zero-order chi connectivity index (χ0) is 49.2. The van der Waals surface area contributed by atoms with Crippen LogP contribution in [0.2, 0.25) is 0 Å². The Morgan fingerprint density at radius 1 is 0.375 bits per heavy atom. The maximum absolute atomic E-state index is 12.1. The summed E-state index contributed by atoms with van der Waals surface area (Å²) in [5.74, 6) is 0.770. The fourth-order valence-electron chi connectivity index (χ4n) is 9.60. The molecule has 368 valence electrons. The number of hydrogen-bond donors (Lipinski definition) is 0. The van der Waals surface area contributed by atoms with Crippen molar-refractivity contribution in [1.82, 2.24) is 0 Å². The molecule has 0 atom stereocenters. The van der Waals surface area contributed by atoms with Crippen LogP contribution in [-0.2, 0) is 56.8 Å². The molecule has 2 aromatic rings. The van der Waals surface area contributed by atoms with Gasteiger partial charge in [0, 0.05) is 0 Å². The predicted molar refractivity (Wildman–Crippen MR) is 265 cm³/mol. The summed E-state index contributed by atoms with van der Waals surface area (Å²) in [6.07, 6.45) is 28.0. The van der Waals surface area contributed by atoms with Crippen molar-refractivity contribution in [3.63, 3.8) is 0 Å². The van der Waals surface area contributed by atoms with Crippen molar-refractivity contribution in [2.75, 3.05) is 0 Å². The summed E-state index contributed by atoms with van der Waals surface area (Å²) in [6, 6.07) is 3.39. The molecule has 0 fully saturated rings. The van der Waals surface area contributed by atoms with Crippen molar-refractivity contribution in [2.45, 2.75) is 283 Å². The minimum atomic E-state index is -4.50. The van der Waals surface area contributed by atoms with Crippen LogP contribution in [0.15, 0.2) is 21.9 Å². The number of benzene rings is 2. The van der Waals surface area contributed by atoms with Crippen LogP contribution in [0.25, 0.3) is 0 Å². The van der Waals surface area contributed by atoms with Crippen molar-refractivity contribution in [2.24, 2.45) is 0 Å². The monoisotopic (exact) mass is 967 g/mol. The fourth-order valence-corrected chi connectivity index (χ4v) is 11.4. The third-order valence-electron chi connectivity index (χ3n) is 12.7. The summed E-state index contributed by atoms with van der Waals surface area (Å²) in [6.45, 7) is 29.4. The first-order valence-electron chi connectivity index (χ1n) is 25.5. The first-order valence-corrected chi connectivity index (χ1v) is 29.0. The van der Waals surface area contributed by atoms with Gasteiger partial charge in [-0.15, -0.1) is 0 Å². The van der Waals surface area contributed by atoms with Gasteiger partial charge in [-0.25, -0.2) is 16.8 Å². The van der Waals surface area contributed by atoms with Gasteiger partial charge in [-0.05, 0) is 118 Å². The summed E-state index contributed by atoms with van der Waals surface area (Å²) in [4.78, 5) is 0.00319. The van der Waals surface area contributed by atoms with Crippen LogP contribution in [0.1, 0.15) is 305 Å². The van der Waals surface area contributed by atoms with Gasteiger partial charge in [-0.2, -0.15) is 0 Å². The van der Waals surface area contributed by atoms with E-state index in [1.165, 1.54) is 127 Å². The van der Waals surface area contributed by atoms with E-state index in [0.717, 1.165) is 79.5 Å². The molecule has 0 aliphatic heterocycles. The Kier molecular flexibility index (Phi) is 32.7. The average Bonchev–Trinajstić information content (AvgIpc) is 3.20. The summed E-state index contributed by atoms with van der Waals surface area (Å²) in [5, 5.41) is 0. The van der Waals surface area contributed by atoms with Crippen LogP contribution in [0.4, 0.5) is 0 Å². The molecule has 64 heavy (non-hydrogen) atoms. The maximum atomic E-state index is 12.1. The van der Waals surface area contributed by atoms with Gasteiger partial charge in [0.2, 0.25) is 0 Å². The van der Waals surface area contributed by atoms with E-state index in [4.69, 9.17) is 3.32 Å². The number of rotatable bonds is 30. The quantitative estimate of drug-likeness (QED) is 0.0433. The summed E-state index contributed by atoms with van der Waals surface area (Å²) >= 11 is 0.750. The van der Waals surface area contributed by atoms with Crippen molar-refractivity contribution < 1.29 is 49.7 Å². The van der Waals surface area contributed by atoms with Gasteiger partial charge >= 0.3 is 23.7 Å². The molecule has 0 spiro atoms. The Hall–Kier alpha value is -1.23. The predicted octanol–water partition coefficient (Wildman–Crippen LogP) is 16.7. The van der Waals surface area contributed by atoms with Gasteiger partial charge in [-0.1, -0.05) is 213 Å². The first-order chi connectivity index (χ1) is 30.0. The average molecular weight is 967 g/mol. The number of hydrogen-bond acceptors (Lipinski definition) is 7. The molecule has 0 bridgehead atoms. The van der Waals surface area contributed by atoms with E-state index in [0.29, 0.717) is 0 Å². The van der Waals surface area contributed by atoms with Crippen molar-refractivity contribution in [3.05, 3.63) is 56.6 Å². The standard InChI is InChI=1S/2C27H48O3S.O.Ti/c2*1-8-9-10-11-12-13-14-15-16-17-18-23-24(20(2)3)19-25(31(28,29)30)27(22(6)7)26(23)21(4)5;;/h2*19-22H,8-18H2,1-7H3,(H,28,29,30);;/q;;;+2/p-2. The van der Waals surface area contributed by atoms with Crippen LogP contribution in [0, 0.1) is 0 Å². The molecule has 10 heteroatoms. The molecule has 0 amide bonds. The summed E-state index contributed by atoms with van der Waals surface area (Å²) in [5.41, 5.74) is 8.37. The first kappa shape index (κ1) is 62.8. The van der Waals surface area contributed by atoms with E-state index < -0.39 is 20.2 Å². The molecule has 0 unspecified atom stereocenters. The molecule has 0 aliphatic carbocycles. The Bertz CT molecular complexity index is 1680. The normalized spacial score (nSPS) is 12.2. The molecule has 2 aromatic carbocycles. The van der Waals surface area contributed by atoms with Crippen molar-refractivity contribution in [3.8, 4) is 0 Å². The van der Waals surface area contributed by atoms with Gasteiger partial charge in [0.1, 0.15) is 20.2 Å². The molecular formula is C54H94O7S2Ti. The van der Waals surface area contributed by atoms with E-state index in [1.54, 1.807) is 12.1 Å². The minimum absolute atomic E-state index is 0.00160. The van der Waals surface area contributed by atoms with E-state index in [2.05, 4.69) is 69.2 Å². The van der Waals surface area contributed by atoms with Crippen molar-refractivity contribution in [1.29, 1.82) is 0 Å². The molecular weight excluding hydrogens is 873 g/mol. The van der Waals surface area contributed by atoms with E-state index in [1.807, 2.05) is 27.7 Å². The Balaban J connectivity index is 0.00000119. The second kappa shape index (κ2) is 33.3. The Labute approximate surface area is 407 Å². The van der Waals surface area contributed by atoms with Gasteiger partial charge in [0.05, 0.1) is 9.79 Å². The Morgan fingerprint density at radius 3 is 0.781 bits per heavy atom. The van der Waals surface area contributed by atoms with E-state index >= 15 is 0 Å². The summed E-state index contributed by atoms with van der Waals surface area (Å²) < 4.78 is 80.9. The van der Waals surface area contributed by atoms with Crippen LogP contribution < -0.4 is 0 Å². The molecule has 2 rings (SSSR count). The van der Waals surface area contributed by atoms with Gasteiger partial charge in [0.15, 0.2) is 0 Å². The van der Waals surface area contributed by atoms with Crippen LogP contribution in [0.3, 0.4) is 0 Å². The second-order valence-corrected chi connectivity index (χ2v) is 22.9. The molecule has 7 nitrogen and oxygen atoms in total. The SMILES string of the molecule is CCCCCCCCCCCCc1c(C(C)C)cc(S(=O)(=O)[O-])c(C(C)C)c1C(C)C.CCCCCCCCCCCCc1c(C(C)C)cc(S(=O)(=O)[O-])c(C(C)C)c1C(C)C.[O]=[Ti+2]. The molecule has 0 saturated heterocycles. The van der Waals surface area contributed by atoms with Gasteiger partial charge in [0.25, 0.3) is 0 Å². The van der Waals surface area contributed by atoms with Crippen molar-refractivity contribution >= 4 is 20.2 Å².